The maximum absolute atomic E-state index is 12.1. The van der Waals surface area contributed by atoms with Gasteiger partial charge in [0, 0.05) is 12.2 Å². The lowest BCUT2D eigenvalue weighted by atomic mass is 10.0. The molecule has 0 saturated carbocycles. The SMILES string of the molecule is O=C(COCC1CCCNC1)Nc1ccc(-n2nnc3ccccc32)cc1. The number of rotatable bonds is 6. The highest BCUT2D eigenvalue weighted by molar-refractivity contribution is 5.91. The van der Waals surface area contributed by atoms with E-state index in [0.29, 0.717) is 12.5 Å². The van der Waals surface area contributed by atoms with E-state index in [2.05, 4.69) is 20.9 Å². The highest BCUT2D eigenvalue weighted by Crippen LogP contribution is 2.18. The second kappa shape index (κ2) is 8.28. The molecule has 4 rings (SSSR count). The van der Waals surface area contributed by atoms with Gasteiger partial charge in [-0.25, -0.2) is 4.68 Å². The van der Waals surface area contributed by atoms with Crippen molar-refractivity contribution >= 4 is 22.6 Å². The number of ether oxygens (including phenoxy) is 1. The van der Waals surface area contributed by atoms with Gasteiger partial charge in [-0.15, -0.1) is 5.10 Å². The molecule has 1 fully saturated rings. The maximum atomic E-state index is 12.1. The Kier molecular flexibility index (Phi) is 5.41. The summed E-state index contributed by atoms with van der Waals surface area (Å²) in [6, 6.07) is 15.3. The fourth-order valence-electron chi connectivity index (χ4n) is 3.33. The van der Waals surface area contributed by atoms with Crippen molar-refractivity contribution in [3.8, 4) is 5.69 Å². The third-order valence-corrected chi connectivity index (χ3v) is 4.73. The van der Waals surface area contributed by atoms with Gasteiger partial charge in [-0.1, -0.05) is 17.3 Å². The number of nitrogens with zero attached hydrogens (tertiary/aromatic N) is 3. The van der Waals surface area contributed by atoms with Gasteiger partial charge in [-0.2, -0.15) is 0 Å². The van der Waals surface area contributed by atoms with E-state index >= 15 is 0 Å². The number of anilines is 1. The van der Waals surface area contributed by atoms with E-state index in [0.717, 1.165) is 41.9 Å². The van der Waals surface area contributed by atoms with Crippen LogP contribution in [0.2, 0.25) is 0 Å². The average molecular weight is 365 g/mol. The third kappa shape index (κ3) is 4.32. The summed E-state index contributed by atoms with van der Waals surface area (Å²) in [5.41, 5.74) is 3.42. The average Bonchev–Trinajstić information content (AvgIpc) is 3.14. The van der Waals surface area contributed by atoms with Crippen LogP contribution in [0.25, 0.3) is 16.7 Å². The van der Waals surface area contributed by atoms with Crippen molar-refractivity contribution in [2.24, 2.45) is 5.92 Å². The lowest BCUT2D eigenvalue weighted by Crippen LogP contribution is -2.33. The zero-order valence-corrected chi connectivity index (χ0v) is 15.1. The standard InChI is InChI=1S/C20H23N5O2/c26-20(14-27-13-15-4-3-11-21-12-15)22-16-7-9-17(10-8-16)25-19-6-2-1-5-18(19)23-24-25/h1-2,5-10,15,21H,3-4,11-14H2,(H,22,26). The van der Waals surface area contributed by atoms with E-state index in [1.807, 2.05) is 48.5 Å². The van der Waals surface area contributed by atoms with Crippen LogP contribution in [-0.4, -0.2) is 47.2 Å². The summed E-state index contributed by atoms with van der Waals surface area (Å²) >= 11 is 0. The van der Waals surface area contributed by atoms with Crippen LogP contribution in [0.4, 0.5) is 5.69 Å². The summed E-state index contributed by atoms with van der Waals surface area (Å²) < 4.78 is 7.34. The monoisotopic (exact) mass is 365 g/mol. The van der Waals surface area contributed by atoms with Gasteiger partial charge < -0.3 is 15.4 Å². The Hall–Kier alpha value is -2.77. The molecule has 0 bridgehead atoms. The summed E-state index contributed by atoms with van der Waals surface area (Å²) in [7, 11) is 0. The predicted octanol–water partition coefficient (Wildman–Crippen LogP) is 2.38. The van der Waals surface area contributed by atoms with Gasteiger partial charge in [-0.05, 0) is 61.7 Å². The van der Waals surface area contributed by atoms with Crippen LogP contribution in [0.3, 0.4) is 0 Å². The number of piperidine rings is 1. The molecule has 7 nitrogen and oxygen atoms in total. The first-order chi connectivity index (χ1) is 13.3. The number of para-hydroxylation sites is 1. The number of hydrogen-bond donors (Lipinski definition) is 2. The Bertz CT molecular complexity index is 900. The third-order valence-electron chi connectivity index (χ3n) is 4.73. The molecule has 2 aromatic carbocycles. The van der Waals surface area contributed by atoms with Gasteiger partial charge in [0.2, 0.25) is 5.91 Å². The predicted molar refractivity (Wildman–Crippen MR) is 104 cm³/mol. The van der Waals surface area contributed by atoms with Crippen LogP contribution in [0.1, 0.15) is 12.8 Å². The highest BCUT2D eigenvalue weighted by atomic mass is 16.5. The van der Waals surface area contributed by atoms with Gasteiger partial charge in [0.25, 0.3) is 0 Å². The molecule has 0 radical (unpaired) electrons. The molecule has 2 N–H and O–H groups in total. The Morgan fingerprint density at radius 2 is 2.07 bits per heavy atom. The Balaban J connectivity index is 1.31. The molecular formula is C20H23N5O2. The van der Waals surface area contributed by atoms with Crippen LogP contribution < -0.4 is 10.6 Å². The topological polar surface area (TPSA) is 81.1 Å². The second-order valence-electron chi connectivity index (χ2n) is 6.81. The molecule has 0 aliphatic carbocycles. The van der Waals surface area contributed by atoms with Crippen LogP contribution in [0.5, 0.6) is 0 Å². The fourth-order valence-corrected chi connectivity index (χ4v) is 3.33. The quantitative estimate of drug-likeness (QED) is 0.701. The van der Waals surface area contributed by atoms with Crippen LogP contribution in [-0.2, 0) is 9.53 Å². The minimum Gasteiger partial charge on any atom is -0.371 e. The van der Waals surface area contributed by atoms with Gasteiger partial charge in [0.15, 0.2) is 0 Å². The van der Waals surface area contributed by atoms with Crippen molar-refractivity contribution in [1.29, 1.82) is 0 Å². The second-order valence-corrected chi connectivity index (χ2v) is 6.81. The Morgan fingerprint density at radius 3 is 2.89 bits per heavy atom. The van der Waals surface area contributed by atoms with Crippen LogP contribution in [0, 0.1) is 5.92 Å². The maximum Gasteiger partial charge on any atom is 0.250 e. The summed E-state index contributed by atoms with van der Waals surface area (Å²) in [5, 5.41) is 14.6. The molecule has 1 amide bonds. The van der Waals surface area contributed by atoms with Crippen molar-refractivity contribution in [2.75, 3.05) is 31.6 Å². The molecule has 1 aliphatic rings. The molecule has 140 valence electrons. The molecule has 2 heterocycles. The molecule has 1 aliphatic heterocycles. The summed E-state index contributed by atoms with van der Waals surface area (Å²) in [4.78, 5) is 12.1. The molecule has 1 saturated heterocycles. The first-order valence-electron chi connectivity index (χ1n) is 9.29. The smallest absolute Gasteiger partial charge is 0.250 e. The van der Waals surface area contributed by atoms with Gasteiger partial charge in [0.05, 0.1) is 17.8 Å². The number of benzene rings is 2. The molecular weight excluding hydrogens is 342 g/mol. The number of amides is 1. The number of carbonyl (C=O) groups is 1. The summed E-state index contributed by atoms with van der Waals surface area (Å²) in [5.74, 6) is 0.362. The van der Waals surface area contributed by atoms with Crippen molar-refractivity contribution in [3.05, 3.63) is 48.5 Å². The number of nitrogens with one attached hydrogen (secondary N) is 2. The minimum atomic E-state index is -0.141. The number of hydrogen-bond acceptors (Lipinski definition) is 5. The first-order valence-corrected chi connectivity index (χ1v) is 9.29. The van der Waals surface area contributed by atoms with E-state index in [4.69, 9.17) is 4.74 Å². The van der Waals surface area contributed by atoms with Crippen molar-refractivity contribution in [2.45, 2.75) is 12.8 Å². The van der Waals surface area contributed by atoms with Gasteiger partial charge in [0.1, 0.15) is 12.1 Å². The molecule has 1 aromatic heterocycles. The lowest BCUT2D eigenvalue weighted by molar-refractivity contribution is -0.121. The van der Waals surface area contributed by atoms with Crippen molar-refractivity contribution < 1.29 is 9.53 Å². The Labute approximate surface area is 157 Å². The molecule has 1 unspecified atom stereocenters. The van der Waals surface area contributed by atoms with Gasteiger partial charge in [-0.3, -0.25) is 4.79 Å². The zero-order valence-electron chi connectivity index (χ0n) is 15.1. The van der Waals surface area contributed by atoms with Crippen LogP contribution in [0.15, 0.2) is 48.5 Å². The van der Waals surface area contributed by atoms with Crippen molar-refractivity contribution in [3.63, 3.8) is 0 Å². The minimum absolute atomic E-state index is 0.0754. The number of carbonyl (C=O) groups excluding carboxylic acids is 1. The van der Waals surface area contributed by atoms with Gasteiger partial charge >= 0.3 is 0 Å². The molecule has 7 heteroatoms. The molecule has 1 atom stereocenters. The molecule has 3 aromatic rings. The highest BCUT2D eigenvalue weighted by Gasteiger charge is 2.13. The molecule has 27 heavy (non-hydrogen) atoms. The Morgan fingerprint density at radius 1 is 1.22 bits per heavy atom. The summed E-state index contributed by atoms with van der Waals surface area (Å²) in [6.45, 7) is 2.75. The zero-order chi connectivity index (χ0) is 18.5. The largest absolute Gasteiger partial charge is 0.371 e. The van der Waals surface area contributed by atoms with E-state index in [9.17, 15) is 4.79 Å². The normalized spacial score (nSPS) is 17.1. The first kappa shape index (κ1) is 17.6. The van der Waals surface area contributed by atoms with E-state index in [1.54, 1.807) is 4.68 Å². The van der Waals surface area contributed by atoms with E-state index in [-0.39, 0.29) is 12.5 Å². The van der Waals surface area contributed by atoms with E-state index in [1.165, 1.54) is 6.42 Å². The number of fused-ring (bicyclic) bond motifs is 1. The van der Waals surface area contributed by atoms with Crippen LogP contribution >= 0.6 is 0 Å². The fraction of sp³-hybridized carbons (Fsp3) is 0.350. The van der Waals surface area contributed by atoms with E-state index < -0.39 is 0 Å². The summed E-state index contributed by atoms with van der Waals surface area (Å²) in [6.07, 6.45) is 2.33. The van der Waals surface area contributed by atoms with Crippen molar-refractivity contribution in [1.82, 2.24) is 20.3 Å². The number of aromatic nitrogens is 3. The lowest BCUT2D eigenvalue weighted by Gasteiger charge is -2.22. The molecule has 0 spiro atoms.